The van der Waals surface area contributed by atoms with Crippen LogP contribution in [0.5, 0.6) is 0 Å². The van der Waals surface area contributed by atoms with Gasteiger partial charge in [-0.25, -0.2) is 0 Å². The van der Waals surface area contributed by atoms with Crippen LogP contribution >= 0.6 is 0 Å². The van der Waals surface area contributed by atoms with Gasteiger partial charge in [0, 0.05) is 6.04 Å². The molecule has 2 unspecified atom stereocenters. The quantitative estimate of drug-likeness (QED) is 0.857. The van der Waals surface area contributed by atoms with E-state index in [1.54, 1.807) is 0 Å². The molecule has 0 aromatic heterocycles. The lowest BCUT2D eigenvalue weighted by atomic mass is 9.69. The molecule has 4 nitrogen and oxygen atoms in total. The average molecular weight is 275 g/mol. The van der Waals surface area contributed by atoms with E-state index in [-0.39, 0.29) is 17.4 Å². The topological polar surface area (TPSA) is 70.1 Å². The summed E-state index contributed by atoms with van der Waals surface area (Å²) in [6.45, 7) is 4.37. The lowest BCUT2D eigenvalue weighted by Crippen LogP contribution is -2.56. The second-order valence-electron chi connectivity index (χ2n) is 7.26. The highest BCUT2D eigenvalue weighted by Crippen LogP contribution is 2.51. The smallest absolute Gasteiger partial charge is 0.241 e. The molecule has 0 spiro atoms. The molecule has 110 valence electrons. The third-order valence-corrected chi connectivity index (χ3v) is 6.08. The molecule has 4 heteroatoms. The van der Waals surface area contributed by atoms with Gasteiger partial charge < -0.3 is 10.6 Å². The highest BCUT2D eigenvalue weighted by molar-refractivity contribution is 5.84. The number of carbonyl (C=O) groups is 1. The molecule has 20 heavy (non-hydrogen) atoms. The number of nitriles is 1. The first-order valence-electron chi connectivity index (χ1n) is 7.98. The van der Waals surface area contributed by atoms with Crippen molar-refractivity contribution in [2.75, 3.05) is 0 Å². The Labute approximate surface area is 121 Å². The van der Waals surface area contributed by atoms with Gasteiger partial charge in [-0.05, 0) is 42.9 Å². The van der Waals surface area contributed by atoms with Gasteiger partial charge >= 0.3 is 0 Å². The number of fused-ring (bicyclic) bond motifs is 1. The Bertz CT molecular complexity index is 447. The zero-order valence-electron chi connectivity index (χ0n) is 12.5. The van der Waals surface area contributed by atoms with Crippen LogP contribution in [0, 0.1) is 28.6 Å². The number of likely N-dealkylation sites (tertiary alicyclic amines) is 1. The minimum Gasteiger partial charge on any atom is -0.322 e. The van der Waals surface area contributed by atoms with Crippen molar-refractivity contribution in [2.24, 2.45) is 23.0 Å². The predicted molar refractivity (Wildman–Crippen MR) is 76.5 cm³/mol. The monoisotopic (exact) mass is 275 g/mol. The molecular weight excluding hydrogens is 250 g/mol. The van der Waals surface area contributed by atoms with Crippen molar-refractivity contribution in [1.29, 1.82) is 5.26 Å². The normalized spacial score (nSPS) is 35.8. The van der Waals surface area contributed by atoms with Gasteiger partial charge in [0.05, 0.1) is 12.1 Å². The molecule has 4 atom stereocenters. The fourth-order valence-corrected chi connectivity index (χ4v) is 4.58. The highest BCUT2D eigenvalue weighted by atomic mass is 16.2. The summed E-state index contributed by atoms with van der Waals surface area (Å²) in [5, 5.41) is 9.26. The van der Waals surface area contributed by atoms with Crippen molar-refractivity contribution in [3.8, 4) is 6.07 Å². The molecule has 0 aromatic carbocycles. The van der Waals surface area contributed by atoms with Crippen molar-refractivity contribution in [3.05, 3.63) is 0 Å². The van der Waals surface area contributed by atoms with E-state index in [0.717, 1.165) is 25.7 Å². The summed E-state index contributed by atoms with van der Waals surface area (Å²) < 4.78 is 0. The van der Waals surface area contributed by atoms with Crippen molar-refractivity contribution >= 4 is 5.91 Å². The summed E-state index contributed by atoms with van der Waals surface area (Å²) in [6.07, 6.45) is 6.38. The number of nitrogens with two attached hydrogens (primary N) is 1. The second-order valence-corrected chi connectivity index (χ2v) is 7.26. The summed E-state index contributed by atoms with van der Waals surface area (Å²) in [5.41, 5.74) is 6.38. The summed E-state index contributed by atoms with van der Waals surface area (Å²) >= 11 is 0. The first kappa shape index (κ1) is 13.9. The van der Waals surface area contributed by atoms with E-state index in [2.05, 4.69) is 19.9 Å². The van der Waals surface area contributed by atoms with Gasteiger partial charge in [-0.1, -0.05) is 26.7 Å². The van der Waals surface area contributed by atoms with Crippen LogP contribution in [0.2, 0.25) is 0 Å². The van der Waals surface area contributed by atoms with Gasteiger partial charge in [-0.2, -0.15) is 5.26 Å². The van der Waals surface area contributed by atoms with Gasteiger partial charge in [-0.3, -0.25) is 4.79 Å². The van der Waals surface area contributed by atoms with Crippen LogP contribution in [0.3, 0.4) is 0 Å². The Balaban J connectivity index is 1.81. The average Bonchev–Trinajstić information content (AvgIpc) is 2.91. The van der Waals surface area contributed by atoms with Crippen LogP contribution in [-0.2, 0) is 4.79 Å². The zero-order chi connectivity index (χ0) is 14.5. The molecule has 3 fully saturated rings. The fraction of sp³-hybridized carbons (Fsp3) is 0.875. The lowest BCUT2D eigenvalue weighted by molar-refractivity contribution is -0.137. The lowest BCUT2D eigenvalue weighted by Gasteiger charge is -2.40. The summed E-state index contributed by atoms with van der Waals surface area (Å²) in [6, 6.07) is 1.94. The van der Waals surface area contributed by atoms with Crippen molar-refractivity contribution < 1.29 is 4.79 Å². The third-order valence-electron chi connectivity index (χ3n) is 6.08. The Hall–Kier alpha value is -1.08. The number of piperidine rings is 1. The van der Waals surface area contributed by atoms with Gasteiger partial charge in [0.1, 0.15) is 6.04 Å². The molecule has 0 aromatic rings. The van der Waals surface area contributed by atoms with Gasteiger partial charge in [0.15, 0.2) is 0 Å². The van der Waals surface area contributed by atoms with E-state index in [1.807, 2.05) is 4.90 Å². The van der Waals surface area contributed by atoms with Crippen LogP contribution in [0.25, 0.3) is 0 Å². The maximum Gasteiger partial charge on any atom is 0.241 e. The largest absolute Gasteiger partial charge is 0.322 e. The Morgan fingerprint density at radius 1 is 1.35 bits per heavy atom. The van der Waals surface area contributed by atoms with Crippen molar-refractivity contribution in [3.63, 3.8) is 0 Å². The number of hydrogen-bond donors (Lipinski definition) is 1. The molecule has 1 aliphatic heterocycles. The molecule has 3 aliphatic rings. The number of hydrogen-bond acceptors (Lipinski definition) is 3. The maximum absolute atomic E-state index is 12.9. The zero-order valence-corrected chi connectivity index (χ0v) is 12.5. The van der Waals surface area contributed by atoms with Crippen molar-refractivity contribution in [2.45, 2.75) is 70.5 Å². The molecule has 1 saturated heterocycles. The van der Waals surface area contributed by atoms with E-state index < -0.39 is 6.04 Å². The predicted octanol–water partition coefficient (Wildman–Crippen LogP) is 2.04. The number of nitrogens with zero attached hydrogens (tertiary/aromatic N) is 2. The molecule has 0 bridgehead atoms. The second kappa shape index (κ2) is 4.73. The van der Waals surface area contributed by atoms with E-state index in [9.17, 15) is 10.1 Å². The summed E-state index contributed by atoms with van der Waals surface area (Å²) in [4.78, 5) is 14.7. The molecule has 1 heterocycles. The Morgan fingerprint density at radius 3 is 2.55 bits per heavy atom. The fourth-order valence-electron chi connectivity index (χ4n) is 4.58. The van der Waals surface area contributed by atoms with Crippen LogP contribution in [0.15, 0.2) is 0 Å². The van der Waals surface area contributed by atoms with E-state index in [0.29, 0.717) is 17.9 Å². The minimum atomic E-state index is -0.430. The first-order chi connectivity index (χ1) is 9.51. The SMILES string of the molecule is CC(C)C1(C(N)C(=O)N2C3C[C@H]3C[C@H]2C#N)CCCC1. The van der Waals surface area contributed by atoms with Gasteiger partial charge in [0.2, 0.25) is 5.91 Å². The van der Waals surface area contributed by atoms with Gasteiger partial charge in [-0.15, -0.1) is 0 Å². The molecule has 2 saturated carbocycles. The minimum absolute atomic E-state index is 0.0390. The summed E-state index contributed by atoms with van der Waals surface area (Å²) in [7, 11) is 0. The molecule has 1 amide bonds. The molecule has 0 radical (unpaired) electrons. The number of carbonyl (C=O) groups excluding carboxylic acids is 1. The van der Waals surface area contributed by atoms with E-state index in [4.69, 9.17) is 5.73 Å². The summed E-state index contributed by atoms with van der Waals surface area (Å²) in [5.74, 6) is 1.02. The van der Waals surface area contributed by atoms with E-state index >= 15 is 0 Å². The number of rotatable bonds is 3. The maximum atomic E-state index is 12.9. The number of amides is 1. The highest BCUT2D eigenvalue weighted by Gasteiger charge is 2.57. The van der Waals surface area contributed by atoms with Crippen LogP contribution in [0.1, 0.15) is 52.4 Å². The van der Waals surface area contributed by atoms with Crippen molar-refractivity contribution in [1.82, 2.24) is 4.90 Å². The molecular formula is C16H25N3O. The Kier molecular flexibility index (Phi) is 3.29. The third kappa shape index (κ3) is 1.87. The van der Waals surface area contributed by atoms with E-state index in [1.165, 1.54) is 12.8 Å². The molecule has 2 N–H and O–H groups in total. The van der Waals surface area contributed by atoms with Crippen LogP contribution in [0.4, 0.5) is 0 Å². The van der Waals surface area contributed by atoms with Crippen LogP contribution < -0.4 is 5.73 Å². The molecule has 3 rings (SSSR count). The standard InChI is InChI=1S/C16H25N3O/c1-10(2)16(5-3-4-6-16)14(18)15(20)19-12(9-17)7-11-8-13(11)19/h10-14H,3-8,18H2,1-2H3/t11-,12+,13?,14?/m1/s1. The Morgan fingerprint density at radius 2 is 2.00 bits per heavy atom. The van der Waals surface area contributed by atoms with Crippen LogP contribution in [-0.4, -0.2) is 28.9 Å². The molecule has 2 aliphatic carbocycles. The first-order valence-corrected chi connectivity index (χ1v) is 7.98. The van der Waals surface area contributed by atoms with Gasteiger partial charge in [0.25, 0.3) is 0 Å².